The molecule has 142 valence electrons. The van der Waals surface area contributed by atoms with Gasteiger partial charge in [0.25, 0.3) is 10.0 Å². The molecule has 0 bridgehead atoms. The van der Waals surface area contributed by atoms with Gasteiger partial charge in [0.2, 0.25) is 5.91 Å². The van der Waals surface area contributed by atoms with E-state index in [-0.39, 0.29) is 10.8 Å². The highest BCUT2D eigenvalue weighted by Crippen LogP contribution is 2.38. The molecule has 0 radical (unpaired) electrons. The first-order valence-corrected chi connectivity index (χ1v) is 10.5. The molecule has 0 saturated heterocycles. The zero-order valence-corrected chi connectivity index (χ0v) is 17.0. The Morgan fingerprint density at radius 2 is 1.85 bits per heavy atom. The molecule has 27 heavy (non-hydrogen) atoms. The number of anilines is 2. The van der Waals surface area contributed by atoms with Gasteiger partial charge in [-0.3, -0.25) is 9.52 Å². The number of carbonyl (C=O) groups is 1. The molecule has 0 aliphatic carbocycles. The van der Waals surface area contributed by atoms with E-state index in [0.29, 0.717) is 22.7 Å². The third kappa shape index (κ3) is 4.09. The maximum Gasteiger partial charge on any atom is 0.264 e. The predicted molar refractivity (Wildman–Crippen MR) is 108 cm³/mol. The van der Waals surface area contributed by atoms with Crippen LogP contribution in [0.15, 0.2) is 50.0 Å². The van der Waals surface area contributed by atoms with Crippen molar-refractivity contribution in [1.29, 1.82) is 0 Å². The van der Waals surface area contributed by atoms with Crippen molar-refractivity contribution in [2.75, 3.05) is 10.0 Å². The van der Waals surface area contributed by atoms with E-state index >= 15 is 0 Å². The minimum absolute atomic E-state index is 0.0644. The lowest BCUT2D eigenvalue weighted by atomic mass is 9.95. The van der Waals surface area contributed by atoms with E-state index < -0.39 is 15.4 Å². The molecular formula is C18H20N4O3S2. The molecule has 1 heterocycles. The van der Waals surface area contributed by atoms with Gasteiger partial charge in [0.1, 0.15) is 16.3 Å². The van der Waals surface area contributed by atoms with Gasteiger partial charge in [-0.15, -0.1) is 0 Å². The second-order valence-electron chi connectivity index (χ2n) is 7.23. The summed E-state index contributed by atoms with van der Waals surface area (Å²) in [7, 11) is -3.85. The van der Waals surface area contributed by atoms with Crippen LogP contribution in [-0.4, -0.2) is 14.3 Å². The largest absolute Gasteiger partial charge is 0.325 e. The number of benzene rings is 2. The van der Waals surface area contributed by atoms with E-state index in [1.54, 1.807) is 30.3 Å². The van der Waals surface area contributed by atoms with E-state index in [1.807, 2.05) is 27.7 Å². The lowest BCUT2D eigenvalue weighted by Crippen LogP contribution is -2.28. The Morgan fingerprint density at radius 1 is 1.11 bits per heavy atom. The molecule has 0 atom stereocenters. The van der Waals surface area contributed by atoms with Crippen molar-refractivity contribution in [2.24, 2.45) is 14.1 Å². The Balaban J connectivity index is 1.90. The molecule has 1 aliphatic heterocycles. The van der Waals surface area contributed by atoms with Gasteiger partial charge < -0.3 is 5.32 Å². The average Bonchev–Trinajstić information content (AvgIpc) is 3.05. The van der Waals surface area contributed by atoms with Gasteiger partial charge in [0.05, 0.1) is 17.0 Å². The zero-order chi connectivity index (χ0) is 19.8. The van der Waals surface area contributed by atoms with Gasteiger partial charge in [-0.2, -0.15) is 8.73 Å². The quantitative estimate of drug-likeness (QED) is 0.669. The fourth-order valence-electron chi connectivity index (χ4n) is 2.34. The summed E-state index contributed by atoms with van der Waals surface area (Å²) in [5.74, 6) is -0.149. The van der Waals surface area contributed by atoms with Crippen molar-refractivity contribution in [3.8, 4) is 0 Å². The lowest BCUT2D eigenvalue weighted by Gasteiger charge is -2.19. The standard InChI is InChI=1S/C18H20N4O3S2/c1-11-8-9-12(10-14(11)19-17(23)18(2,3)4)22-27(24,25)15-7-5-6-13-16(15)21-26-20-13/h5-10,22H,1-4H3,(H,19,23). The van der Waals surface area contributed by atoms with Crippen LogP contribution in [0.1, 0.15) is 26.3 Å². The molecule has 2 aromatic carbocycles. The molecule has 0 unspecified atom stereocenters. The van der Waals surface area contributed by atoms with Gasteiger partial charge in [-0.05, 0) is 36.8 Å². The number of rotatable bonds is 4. The summed E-state index contributed by atoms with van der Waals surface area (Å²) in [5, 5.41) is 2.85. The van der Waals surface area contributed by atoms with Crippen LogP contribution < -0.4 is 10.0 Å². The van der Waals surface area contributed by atoms with E-state index in [9.17, 15) is 13.2 Å². The molecule has 0 saturated carbocycles. The number of sulfonamides is 1. The minimum Gasteiger partial charge on any atom is -0.325 e. The fraction of sp³-hybridized carbons (Fsp3) is 0.278. The van der Waals surface area contributed by atoms with E-state index in [0.717, 1.165) is 16.9 Å². The molecule has 1 amide bonds. The second-order valence-corrected chi connectivity index (χ2v) is 9.41. The van der Waals surface area contributed by atoms with Crippen LogP contribution in [0.4, 0.5) is 22.7 Å². The number of hydrogen-bond acceptors (Lipinski definition) is 5. The van der Waals surface area contributed by atoms with Crippen LogP contribution >= 0.6 is 0 Å². The van der Waals surface area contributed by atoms with Gasteiger partial charge in [0, 0.05) is 11.1 Å². The van der Waals surface area contributed by atoms with E-state index in [4.69, 9.17) is 0 Å². The summed E-state index contributed by atoms with van der Waals surface area (Å²) in [6.07, 6.45) is 0. The van der Waals surface area contributed by atoms with Crippen molar-refractivity contribution in [1.82, 2.24) is 0 Å². The van der Waals surface area contributed by atoms with Crippen molar-refractivity contribution < 1.29 is 13.2 Å². The molecule has 2 aromatic rings. The smallest absolute Gasteiger partial charge is 0.264 e. The first-order chi connectivity index (χ1) is 12.6. The van der Waals surface area contributed by atoms with Gasteiger partial charge in [0.15, 0.2) is 0 Å². The molecule has 2 N–H and O–H groups in total. The SMILES string of the molecule is Cc1ccc(NS(=O)(=O)c2cccc3c2N=S=N3)cc1NC(=O)C(C)(C)C. The second kappa shape index (κ2) is 6.90. The number of amides is 1. The predicted octanol–water partition coefficient (Wildman–Crippen LogP) is 4.51. The van der Waals surface area contributed by atoms with Crippen LogP contribution in [0.25, 0.3) is 0 Å². The Hall–Kier alpha value is -2.52. The van der Waals surface area contributed by atoms with Crippen molar-refractivity contribution in [3.63, 3.8) is 0 Å². The molecule has 3 rings (SSSR count). The monoisotopic (exact) mass is 404 g/mol. The van der Waals surface area contributed by atoms with Crippen LogP contribution in [0.5, 0.6) is 0 Å². The van der Waals surface area contributed by atoms with E-state index in [1.165, 1.54) is 6.07 Å². The van der Waals surface area contributed by atoms with Crippen LogP contribution in [0.2, 0.25) is 0 Å². The summed E-state index contributed by atoms with van der Waals surface area (Å²) < 4.78 is 36.4. The number of carbonyl (C=O) groups excluding carboxylic acids is 1. The van der Waals surface area contributed by atoms with Gasteiger partial charge >= 0.3 is 0 Å². The van der Waals surface area contributed by atoms with Crippen LogP contribution in [-0.2, 0) is 26.2 Å². The fourth-order valence-corrected chi connectivity index (χ4v) is 4.16. The zero-order valence-electron chi connectivity index (χ0n) is 15.4. The average molecular weight is 405 g/mol. The van der Waals surface area contributed by atoms with Crippen molar-refractivity contribution >= 4 is 50.0 Å². The third-order valence-corrected chi connectivity index (χ3v) is 5.91. The Labute approximate surface area is 162 Å². The van der Waals surface area contributed by atoms with Crippen molar-refractivity contribution in [3.05, 3.63) is 42.0 Å². The highest BCUT2D eigenvalue weighted by Gasteiger charge is 2.24. The highest BCUT2D eigenvalue weighted by atomic mass is 32.2. The first-order valence-electron chi connectivity index (χ1n) is 8.24. The normalized spacial score (nSPS) is 13.0. The third-order valence-electron chi connectivity index (χ3n) is 3.96. The van der Waals surface area contributed by atoms with Gasteiger partial charge in [-0.25, -0.2) is 8.42 Å². The highest BCUT2D eigenvalue weighted by molar-refractivity contribution is 7.93. The van der Waals surface area contributed by atoms with Crippen LogP contribution in [0.3, 0.4) is 0 Å². The summed E-state index contributed by atoms with van der Waals surface area (Å²) in [4.78, 5) is 12.3. The maximum absolute atomic E-state index is 12.8. The summed E-state index contributed by atoms with van der Waals surface area (Å²) >= 11 is 0.963. The lowest BCUT2D eigenvalue weighted by molar-refractivity contribution is -0.123. The van der Waals surface area contributed by atoms with Gasteiger partial charge in [-0.1, -0.05) is 32.9 Å². The summed E-state index contributed by atoms with van der Waals surface area (Å²) in [6, 6.07) is 9.84. The number of nitrogens with zero attached hydrogens (tertiary/aromatic N) is 2. The van der Waals surface area contributed by atoms with Crippen molar-refractivity contribution in [2.45, 2.75) is 32.6 Å². The molecule has 0 fully saturated rings. The maximum atomic E-state index is 12.8. The Bertz CT molecular complexity index is 1100. The minimum atomic E-state index is -3.85. The van der Waals surface area contributed by atoms with E-state index in [2.05, 4.69) is 18.8 Å². The Morgan fingerprint density at radius 3 is 2.56 bits per heavy atom. The molecule has 9 heteroatoms. The first kappa shape index (κ1) is 19.2. The summed E-state index contributed by atoms with van der Waals surface area (Å²) in [5.41, 5.74) is 2.05. The number of fused-ring (bicyclic) bond motifs is 1. The number of aryl methyl sites for hydroxylation is 1. The Kier molecular flexibility index (Phi) is 4.92. The number of nitrogens with one attached hydrogen (secondary N) is 2. The topological polar surface area (TPSA) is 100.0 Å². The summed E-state index contributed by atoms with van der Waals surface area (Å²) in [6.45, 7) is 7.28. The van der Waals surface area contributed by atoms with Crippen LogP contribution in [0, 0.1) is 12.3 Å². The number of hydrogen-bond donors (Lipinski definition) is 2. The molecule has 0 spiro atoms. The molecule has 0 aromatic heterocycles. The molecule has 1 aliphatic rings. The molecular weight excluding hydrogens is 384 g/mol. The molecule has 7 nitrogen and oxygen atoms in total.